The van der Waals surface area contributed by atoms with Crippen molar-refractivity contribution in [2.24, 2.45) is 0 Å². The molecule has 0 saturated carbocycles. The molecule has 2 heterocycles. The van der Waals surface area contributed by atoms with Crippen LogP contribution in [-0.2, 0) is 6.54 Å². The molecule has 0 atom stereocenters. The predicted octanol–water partition coefficient (Wildman–Crippen LogP) is 2.39. The van der Waals surface area contributed by atoms with Crippen molar-refractivity contribution >= 4 is 11.6 Å². The van der Waals surface area contributed by atoms with Crippen LogP contribution in [0.2, 0.25) is 5.15 Å². The van der Waals surface area contributed by atoms with Crippen LogP contribution in [0.3, 0.4) is 0 Å². The number of hydrogen-bond donors (Lipinski definition) is 0. The van der Waals surface area contributed by atoms with Gasteiger partial charge in [-0.3, -0.25) is 4.90 Å². The first-order valence-electron chi connectivity index (χ1n) is 6.21. The Kier molecular flexibility index (Phi) is 3.62. The van der Waals surface area contributed by atoms with Crippen molar-refractivity contribution in [3.63, 3.8) is 0 Å². The molecule has 1 aromatic heterocycles. The molecule has 4 nitrogen and oxygen atoms in total. The first kappa shape index (κ1) is 12.4. The van der Waals surface area contributed by atoms with Gasteiger partial charge >= 0.3 is 0 Å². The molecular formula is C14H14ClN3O. The molecule has 0 unspecified atom stereocenters. The minimum atomic E-state index is 0.151. The highest BCUT2D eigenvalue weighted by molar-refractivity contribution is 6.30. The maximum atomic E-state index is 5.90. The van der Waals surface area contributed by atoms with Gasteiger partial charge < -0.3 is 4.74 Å². The van der Waals surface area contributed by atoms with Gasteiger partial charge in [0.15, 0.2) is 5.15 Å². The second kappa shape index (κ2) is 5.55. The molecular weight excluding hydrogens is 262 g/mol. The van der Waals surface area contributed by atoms with Gasteiger partial charge in [-0.05, 0) is 5.56 Å². The fourth-order valence-electron chi connectivity index (χ4n) is 2.11. The van der Waals surface area contributed by atoms with Crippen LogP contribution in [0.25, 0.3) is 0 Å². The van der Waals surface area contributed by atoms with Gasteiger partial charge in [0, 0.05) is 32.0 Å². The van der Waals surface area contributed by atoms with Crippen LogP contribution in [0.4, 0.5) is 0 Å². The van der Waals surface area contributed by atoms with Gasteiger partial charge in [-0.2, -0.15) is 0 Å². The van der Waals surface area contributed by atoms with E-state index in [2.05, 4.69) is 39.1 Å². The van der Waals surface area contributed by atoms with Gasteiger partial charge in [-0.15, -0.1) is 0 Å². The Morgan fingerprint density at radius 1 is 1.16 bits per heavy atom. The summed E-state index contributed by atoms with van der Waals surface area (Å²) in [4.78, 5) is 10.3. The van der Waals surface area contributed by atoms with Crippen molar-refractivity contribution in [3.8, 4) is 5.88 Å². The van der Waals surface area contributed by atoms with E-state index in [0.717, 1.165) is 19.6 Å². The SMILES string of the molecule is Clc1nccnc1OC1CN(Cc2ccccc2)C1. The summed E-state index contributed by atoms with van der Waals surface area (Å²) < 4.78 is 5.70. The lowest BCUT2D eigenvalue weighted by Gasteiger charge is -2.38. The van der Waals surface area contributed by atoms with E-state index in [1.54, 1.807) is 12.4 Å². The number of likely N-dealkylation sites (tertiary alicyclic amines) is 1. The second-order valence-electron chi connectivity index (χ2n) is 4.57. The van der Waals surface area contributed by atoms with E-state index in [0.29, 0.717) is 11.0 Å². The Morgan fingerprint density at radius 2 is 1.89 bits per heavy atom. The van der Waals surface area contributed by atoms with Crippen LogP contribution in [0.1, 0.15) is 5.56 Å². The molecule has 0 bridgehead atoms. The third-order valence-electron chi connectivity index (χ3n) is 3.07. The number of benzene rings is 1. The summed E-state index contributed by atoms with van der Waals surface area (Å²) in [6.07, 6.45) is 3.29. The van der Waals surface area contributed by atoms with Gasteiger partial charge in [0.05, 0.1) is 0 Å². The van der Waals surface area contributed by atoms with Gasteiger partial charge in [0.2, 0.25) is 0 Å². The van der Waals surface area contributed by atoms with Gasteiger partial charge in [-0.1, -0.05) is 41.9 Å². The highest BCUT2D eigenvalue weighted by Crippen LogP contribution is 2.22. The molecule has 1 saturated heterocycles. The van der Waals surface area contributed by atoms with E-state index in [-0.39, 0.29) is 6.10 Å². The van der Waals surface area contributed by atoms with Gasteiger partial charge in [0.25, 0.3) is 5.88 Å². The summed E-state index contributed by atoms with van der Waals surface area (Å²) in [5.74, 6) is 0.425. The monoisotopic (exact) mass is 275 g/mol. The summed E-state index contributed by atoms with van der Waals surface area (Å²) in [5.41, 5.74) is 1.32. The van der Waals surface area contributed by atoms with Crippen LogP contribution in [0, 0.1) is 0 Å². The number of nitrogens with zero attached hydrogens (tertiary/aromatic N) is 3. The molecule has 0 amide bonds. The third kappa shape index (κ3) is 3.03. The van der Waals surface area contributed by atoms with Crippen molar-refractivity contribution in [3.05, 3.63) is 53.4 Å². The lowest BCUT2D eigenvalue weighted by Crippen LogP contribution is -2.53. The predicted molar refractivity (Wildman–Crippen MR) is 73.2 cm³/mol. The molecule has 0 N–H and O–H groups in total. The third-order valence-corrected chi connectivity index (χ3v) is 3.33. The summed E-state index contributed by atoms with van der Waals surface area (Å²) in [7, 11) is 0. The highest BCUT2D eigenvalue weighted by Gasteiger charge is 2.29. The Balaban J connectivity index is 1.50. The normalized spacial score (nSPS) is 16.1. The minimum absolute atomic E-state index is 0.151. The van der Waals surface area contributed by atoms with Gasteiger partial charge in [0.1, 0.15) is 6.10 Å². The zero-order chi connectivity index (χ0) is 13.1. The Morgan fingerprint density at radius 3 is 2.63 bits per heavy atom. The molecule has 0 radical (unpaired) electrons. The first-order valence-corrected chi connectivity index (χ1v) is 6.58. The quantitative estimate of drug-likeness (QED) is 0.859. The molecule has 98 valence electrons. The van der Waals surface area contributed by atoms with Crippen molar-refractivity contribution < 1.29 is 4.74 Å². The van der Waals surface area contributed by atoms with Crippen LogP contribution in [0.5, 0.6) is 5.88 Å². The molecule has 1 fully saturated rings. The molecule has 0 spiro atoms. The van der Waals surface area contributed by atoms with E-state index in [9.17, 15) is 0 Å². The van der Waals surface area contributed by atoms with Crippen molar-refractivity contribution in [2.45, 2.75) is 12.6 Å². The number of hydrogen-bond acceptors (Lipinski definition) is 4. The molecule has 2 aromatic rings. The van der Waals surface area contributed by atoms with Crippen molar-refractivity contribution in [2.75, 3.05) is 13.1 Å². The molecule has 3 rings (SSSR count). The summed E-state index contributed by atoms with van der Waals surface area (Å²) in [5, 5.41) is 0.323. The minimum Gasteiger partial charge on any atom is -0.469 e. The number of ether oxygens (including phenoxy) is 1. The van der Waals surface area contributed by atoms with E-state index in [1.807, 2.05) is 6.07 Å². The molecule has 5 heteroatoms. The van der Waals surface area contributed by atoms with E-state index >= 15 is 0 Å². The number of halogens is 1. The largest absolute Gasteiger partial charge is 0.469 e. The summed E-state index contributed by atoms with van der Waals surface area (Å²) >= 11 is 5.90. The van der Waals surface area contributed by atoms with Crippen LogP contribution < -0.4 is 4.74 Å². The smallest absolute Gasteiger partial charge is 0.252 e. The number of aromatic nitrogens is 2. The zero-order valence-electron chi connectivity index (χ0n) is 10.4. The van der Waals surface area contributed by atoms with E-state index < -0.39 is 0 Å². The molecule has 1 aromatic carbocycles. The van der Waals surface area contributed by atoms with Crippen LogP contribution in [-0.4, -0.2) is 34.1 Å². The average molecular weight is 276 g/mol. The highest BCUT2D eigenvalue weighted by atomic mass is 35.5. The molecule has 1 aliphatic rings. The van der Waals surface area contributed by atoms with Gasteiger partial charge in [-0.25, -0.2) is 9.97 Å². The second-order valence-corrected chi connectivity index (χ2v) is 4.93. The zero-order valence-corrected chi connectivity index (χ0v) is 11.1. The fourth-order valence-corrected chi connectivity index (χ4v) is 2.26. The van der Waals surface area contributed by atoms with E-state index in [4.69, 9.17) is 16.3 Å². The van der Waals surface area contributed by atoms with E-state index in [1.165, 1.54) is 5.56 Å². The summed E-state index contributed by atoms with van der Waals surface area (Å²) in [6.45, 7) is 2.73. The standard InChI is InChI=1S/C14H14ClN3O/c15-13-14(17-7-6-16-13)19-12-9-18(10-12)8-11-4-2-1-3-5-11/h1-7,12H,8-10H2. The summed E-state index contributed by atoms with van der Waals surface area (Å²) in [6, 6.07) is 10.4. The Labute approximate surface area is 117 Å². The average Bonchev–Trinajstić information content (AvgIpc) is 2.40. The maximum Gasteiger partial charge on any atom is 0.252 e. The Hall–Kier alpha value is -1.65. The van der Waals surface area contributed by atoms with Crippen LogP contribution in [0.15, 0.2) is 42.7 Å². The maximum absolute atomic E-state index is 5.90. The Bertz CT molecular complexity index is 543. The fraction of sp³-hybridized carbons (Fsp3) is 0.286. The van der Waals surface area contributed by atoms with Crippen molar-refractivity contribution in [1.82, 2.24) is 14.9 Å². The lowest BCUT2D eigenvalue weighted by atomic mass is 10.1. The lowest BCUT2D eigenvalue weighted by molar-refractivity contribution is 0.0117. The molecule has 0 aliphatic carbocycles. The van der Waals surface area contributed by atoms with Crippen LogP contribution >= 0.6 is 11.6 Å². The topological polar surface area (TPSA) is 38.3 Å². The first-order chi connectivity index (χ1) is 9.31. The number of rotatable bonds is 4. The molecule has 1 aliphatic heterocycles. The van der Waals surface area contributed by atoms with Crippen molar-refractivity contribution in [1.29, 1.82) is 0 Å². The molecule has 19 heavy (non-hydrogen) atoms.